The highest BCUT2D eigenvalue weighted by atomic mass is 16.5. The van der Waals surface area contributed by atoms with Gasteiger partial charge < -0.3 is 19.3 Å². The number of methoxy groups -OCH3 is 3. The highest BCUT2D eigenvalue weighted by Crippen LogP contribution is 2.42. The van der Waals surface area contributed by atoms with Crippen molar-refractivity contribution in [2.45, 2.75) is 19.0 Å². The van der Waals surface area contributed by atoms with Crippen LogP contribution in [0.2, 0.25) is 0 Å². The number of nitrogens with zero attached hydrogens (tertiary/aromatic N) is 3. The van der Waals surface area contributed by atoms with Crippen LogP contribution in [0.5, 0.6) is 23.1 Å². The molecule has 1 aliphatic rings. The number of hydrogen-bond acceptors (Lipinski definition) is 8. The minimum absolute atomic E-state index is 0.0303. The van der Waals surface area contributed by atoms with Crippen molar-refractivity contribution in [2.75, 3.05) is 28.4 Å². The maximum Gasteiger partial charge on any atom is 0.331 e. The average molecular weight is 466 g/mol. The van der Waals surface area contributed by atoms with Gasteiger partial charge in [-0.2, -0.15) is 5.10 Å². The third-order valence-corrected chi connectivity index (χ3v) is 5.83. The van der Waals surface area contributed by atoms with Crippen molar-refractivity contribution >= 4 is 5.71 Å². The van der Waals surface area contributed by atoms with Gasteiger partial charge in [0.2, 0.25) is 11.6 Å². The molecule has 1 unspecified atom stereocenters. The fraction of sp³-hybridized carbons (Fsp3) is 0.292. The zero-order valence-corrected chi connectivity index (χ0v) is 19.4. The van der Waals surface area contributed by atoms with E-state index in [9.17, 15) is 14.7 Å². The second-order valence-electron chi connectivity index (χ2n) is 7.83. The first-order valence-electron chi connectivity index (χ1n) is 10.6. The Morgan fingerprint density at radius 2 is 1.71 bits per heavy atom. The highest BCUT2D eigenvalue weighted by molar-refractivity contribution is 6.03. The molecule has 10 nitrogen and oxygen atoms in total. The predicted molar refractivity (Wildman–Crippen MR) is 126 cm³/mol. The Kier molecular flexibility index (Phi) is 6.31. The fourth-order valence-corrected chi connectivity index (χ4v) is 4.13. The third kappa shape index (κ3) is 4.09. The highest BCUT2D eigenvalue weighted by Gasteiger charge is 2.32. The lowest BCUT2D eigenvalue weighted by Crippen LogP contribution is -2.34. The molecule has 0 radical (unpaired) electrons. The summed E-state index contributed by atoms with van der Waals surface area (Å²) in [4.78, 5) is 27.4. The molecule has 10 heteroatoms. The quantitative estimate of drug-likeness (QED) is 0.547. The van der Waals surface area contributed by atoms with E-state index >= 15 is 0 Å². The zero-order chi connectivity index (χ0) is 24.4. The molecule has 0 amide bonds. The number of aromatic nitrogens is 2. The molecular formula is C24H26N4O6. The zero-order valence-electron chi connectivity index (χ0n) is 19.4. The van der Waals surface area contributed by atoms with E-state index in [0.29, 0.717) is 29.4 Å². The topological polar surface area (TPSA) is 118 Å². The Hall–Kier alpha value is -4.21. The van der Waals surface area contributed by atoms with E-state index in [-0.39, 0.29) is 18.2 Å². The van der Waals surface area contributed by atoms with Crippen LogP contribution in [0, 0.1) is 0 Å². The second-order valence-corrected chi connectivity index (χ2v) is 7.83. The Morgan fingerprint density at radius 1 is 1.06 bits per heavy atom. The number of rotatable bonds is 7. The standard InChI is InChI=1S/C24H26N4O6/c1-27-17(15-10-18(32-2)21(34-4)19(11-15)33-3)12-16(26-27)20-22(29)25-24(31)28(23(20)30)13-14-8-6-5-7-9-14/h5-11,17,30H,12-13H2,1-4H3,(H,25,29,31). The summed E-state index contributed by atoms with van der Waals surface area (Å²) in [7, 11) is 6.37. The minimum atomic E-state index is -0.691. The number of aromatic hydroxyl groups is 1. The molecule has 4 rings (SSSR count). The molecule has 1 aromatic heterocycles. The Labute approximate surface area is 195 Å². The van der Waals surface area contributed by atoms with Gasteiger partial charge in [-0.15, -0.1) is 0 Å². The van der Waals surface area contributed by atoms with Crippen LogP contribution in [0.1, 0.15) is 29.2 Å². The van der Waals surface area contributed by atoms with Crippen molar-refractivity contribution < 1.29 is 19.3 Å². The Balaban J connectivity index is 1.72. The summed E-state index contributed by atoms with van der Waals surface area (Å²) in [6.45, 7) is 0.106. The van der Waals surface area contributed by atoms with E-state index in [2.05, 4.69) is 10.1 Å². The smallest absolute Gasteiger partial charge is 0.331 e. The van der Waals surface area contributed by atoms with Crippen LogP contribution in [0.4, 0.5) is 0 Å². The van der Waals surface area contributed by atoms with Gasteiger partial charge in [-0.05, 0) is 23.3 Å². The molecule has 1 aliphatic heterocycles. The SMILES string of the molecule is COc1cc(C2CC(c3c(O)n(Cc4ccccc4)c(=O)[nH]c3=O)=NN2C)cc(OC)c1OC. The van der Waals surface area contributed by atoms with Gasteiger partial charge in [0.15, 0.2) is 11.5 Å². The molecule has 0 saturated carbocycles. The monoisotopic (exact) mass is 466 g/mol. The van der Waals surface area contributed by atoms with Crippen LogP contribution >= 0.6 is 0 Å². The number of nitrogens with one attached hydrogen (secondary N) is 1. The molecule has 34 heavy (non-hydrogen) atoms. The van der Waals surface area contributed by atoms with Gasteiger partial charge >= 0.3 is 5.69 Å². The van der Waals surface area contributed by atoms with E-state index in [4.69, 9.17) is 14.2 Å². The summed E-state index contributed by atoms with van der Waals surface area (Å²) >= 11 is 0. The third-order valence-electron chi connectivity index (χ3n) is 5.83. The molecule has 178 valence electrons. The number of benzene rings is 2. The average Bonchev–Trinajstić information content (AvgIpc) is 3.22. The van der Waals surface area contributed by atoms with Crippen LogP contribution in [-0.4, -0.2) is 53.8 Å². The van der Waals surface area contributed by atoms with Crippen LogP contribution in [-0.2, 0) is 6.54 Å². The summed E-state index contributed by atoms with van der Waals surface area (Å²) in [6, 6.07) is 12.6. The summed E-state index contributed by atoms with van der Waals surface area (Å²) in [5.74, 6) is 1.04. The Bertz CT molecular complexity index is 1320. The molecule has 3 aromatic rings. The number of hydrazone groups is 1. The lowest BCUT2D eigenvalue weighted by Gasteiger charge is -2.21. The van der Waals surface area contributed by atoms with Gasteiger partial charge in [0, 0.05) is 13.5 Å². The normalized spacial score (nSPS) is 15.2. The van der Waals surface area contributed by atoms with Gasteiger partial charge in [0.05, 0.1) is 39.6 Å². The first kappa shape index (κ1) is 23.0. The lowest BCUT2D eigenvalue weighted by molar-refractivity contribution is 0.284. The van der Waals surface area contributed by atoms with Crippen molar-refractivity contribution in [3.63, 3.8) is 0 Å². The number of ether oxygens (including phenoxy) is 3. The maximum absolute atomic E-state index is 12.7. The van der Waals surface area contributed by atoms with Crippen molar-refractivity contribution in [3.8, 4) is 23.1 Å². The van der Waals surface area contributed by atoms with Gasteiger partial charge in [-0.25, -0.2) is 4.79 Å². The van der Waals surface area contributed by atoms with Crippen molar-refractivity contribution in [1.82, 2.24) is 14.6 Å². The second kappa shape index (κ2) is 9.34. The largest absolute Gasteiger partial charge is 0.494 e. The van der Waals surface area contributed by atoms with Crippen molar-refractivity contribution in [1.29, 1.82) is 0 Å². The molecule has 0 fully saturated rings. The summed E-state index contributed by atoms with van der Waals surface area (Å²) < 4.78 is 17.4. The molecule has 1 atom stereocenters. The molecular weight excluding hydrogens is 440 g/mol. The fourth-order valence-electron chi connectivity index (χ4n) is 4.13. The van der Waals surface area contributed by atoms with Crippen LogP contribution in [0.25, 0.3) is 0 Å². The number of hydrogen-bond donors (Lipinski definition) is 2. The van der Waals surface area contributed by atoms with Gasteiger partial charge in [0.1, 0.15) is 5.56 Å². The van der Waals surface area contributed by atoms with Gasteiger partial charge in [-0.1, -0.05) is 30.3 Å². The first-order valence-corrected chi connectivity index (χ1v) is 10.6. The molecule has 0 bridgehead atoms. The molecule has 2 N–H and O–H groups in total. The molecule has 0 aliphatic carbocycles. The van der Waals surface area contributed by atoms with Gasteiger partial charge in [0.25, 0.3) is 5.56 Å². The van der Waals surface area contributed by atoms with Gasteiger partial charge in [-0.3, -0.25) is 19.4 Å². The summed E-state index contributed by atoms with van der Waals surface area (Å²) in [5, 5.41) is 17.1. The Morgan fingerprint density at radius 3 is 2.29 bits per heavy atom. The van der Waals surface area contributed by atoms with Crippen LogP contribution < -0.4 is 25.5 Å². The maximum atomic E-state index is 12.7. The van der Waals surface area contributed by atoms with E-state index in [0.717, 1.165) is 15.7 Å². The summed E-state index contributed by atoms with van der Waals surface area (Å²) in [6.07, 6.45) is 0.315. The van der Waals surface area contributed by atoms with Crippen LogP contribution in [0.15, 0.2) is 57.2 Å². The van der Waals surface area contributed by atoms with E-state index in [1.165, 1.54) is 21.3 Å². The minimum Gasteiger partial charge on any atom is -0.494 e. The van der Waals surface area contributed by atoms with Crippen molar-refractivity contribution in [2.24, 2.45) is 5.10 Å². The van der Waals surface area contributed by atoms with Crippen LogP contribution in [0.3, 0.4) is 0 Å². The first-order chi connectivity index (χ1) is 16.4. The molecule has 2 heterocycles. The number of H-pyrrole nitrogens is 1. The van der Waals surface area contributed by atoms with E-state index < -0.39 is 17.1 Å². The molecule has 2 aromatic carbocycles. The predicted octanol–water partition coefficient (Wildman–Crippen LogP) is 2.10. The molecule has 0 saturated heterocycles. The van der Waals surface area contributed by atoms with E-state index in [1.807, 2.05) is 42.5 Å². The summed E-state index contributed by atoms with van der Waals surface area (Å²) in [5.41, 5.74) is 0.579. The van der Waals surface area contributed by atoms with Crippen molar-refractivity contribution in [3.05, 3.63) is 80.0 Å². The molecule has 0 spiro atoms. The van der Waals surface area contributed by atoms with E-state index in [1.54, 1.807) is 12.1 Å². The number of aromatic amines is 1. The lowest BCUT2D eigenvalue weighted by atomic mass is 9.98.